The zero-order chi connectivity index (χ0) is 14.7. The van der Waals surface area contributed by atoms with Gasteiger partial charge in [-0.2, -0.15) is 0 Å². The minimum atomic E-state index is -0.870. The second-order valence-corrected chi connectivity index (χ2v) is 6.26. The van der Waals surface area contributed by atoms with Gasteiger partial charge in [-0.1, -0.05) is 26.2 Å². The zero-order valence-electron chi connectivity index (χ0n) is 12.0. The molecule has 114 valence electrons. The van der Waals surface area contributed by atoms with Gasteiger partial charge in [0.1, 0.15) is 0 Å². The van der Waals surface area contributed by atoms with E-state index < -0.39 is 23.9 Å². The summed E-state index contributed by atoms with van der Waals surface area (Å²) in [5, 5.41) is 22.1. The third kappa shape index (κ3) is 3.32. The van der Waals surface area contributed by atoms with Crippen molar-refractivity contribution in [1.29, 1.82) is 0 Å². The second kappa shape index (κ2) is 6.57. The van der Waals surface area contributed by atoms with E-state index in [2.05, 4.69) is 5.32 Å². The van der Waals surface area contributed by atoms with Gasteiger partial charge in [-0.25, -0.2) is 0 Å². The standard InChI is InChI=1S/C15H25NO4/c1-2-9-7-10(11(8-9)15(19)20)14(18)16-12-5-3-4-6-13(12)17/h9-13,17H,2-8H2,1H3,(H,16,18)(H,19,20)/t9?,10-,11+,12-,13-/m0/s1. The van der Waals surface area contributed by atoms with E-state index in [-0.39, 0.29) is 11.9 Å². The van der Waals surface area contributed by atoms with Crippen molar-refractivity contribution in [2.75, 3.05) is 0 Å². The molecule has 0 saturated heterocycles. The highest BCUT2D eigenvalue weighted by Gasteiger charge is 2.42. The molecular weight excluding hydrogens is 258 g/mol. The number of rotatable bonds is 4. The highest BCUT2D eigenvalue weighted by atomic mass is 16.4. The van der Waals surface area contributed by atoms with E-state index in [1.165, 1.54) is 0 Å². The number of carboxylic acids is 1. The normalized spacial score (nSPS) is 37.6. The van der Waals surface area contributed by atoms with Crippen molar-refractivity contribution in [3.63, 3.8) is 0 Å². The summed E-state index contributed by atoms with van der Waals surface area (Å²) >= 11 is 0. The van der Waals surface area contributed by atoms with Gasteiger partial charge in [-0.3, -0.25) is 9.59 Å². The number of aliphatic hydroxyl groups excluding tert-OH is 1. The molecule has 0 radical (unpaired) electrons. The average molecular weight is 283 g/mol. The summed E-state index contributed by atoms with van der Waals surface area (Å²) in [6.45, 7) is 2.04. The van der Waals surface area contributed by atoms with Crippen LogP contribution in [0.15, 0.2) is 0 Å². The monoisotopic (exact) mass is 283 g/mol. The van der Waals surface area contributed by atoms with Crippen molar-refractivity contribution in [2.24, 2.45) is 17.8 Å². The molecule has 5 atom stereocenters. The summed E-state index contributed by atoms with van der Waals surface area (Å²) in [4.78, 5) is 23.7. The summed E-state index contributed by atoms with van der Waals surface area (Å²) in [5.74, 6) is -1.74. The van der Waals surface area contributed by atoms with E-state index in [1.54, 1.807) is 0 Å². The highest BCUT2D eigenvalue weighted by molar-refractivity contribution is 5.85. The van der Waals surface area contributed by atoms with E-state index in [1.807, 2.05) is 6.92 Å². The fraction of sp³-hybridized carbons (Fsp3) is 0.867. The molecule has 2 aliphatic carbocycles. The lowest BCUT2D eigenvalue weighted by molar-refractivity contribution is -0.146. The summed E-state index contributed by atoms with van der Waals surface area (Å²) < 4.78 is 0. The van der Waals surface area contributed by atoms with E-state index >= 15 is 0 Å². The summed E-state index contributed by atoms with van der Waals surface area (Å²) in [7, 11) is 0. The fourth-order valence-corrected chi connectivity index (χ4v) is 3.61. The third-order valence-corrected chi connectivity index (χ3v) is 4.95. The molecule has 1 amide bonds. The van der Waals surface area contributed by atoms with Gasteiger partial charge in [0.25, 0.3) is 0 Å². The van der Waals surface area contributed by atoms with Crippen LogP contribution in [0.2, 0.25) is 0 Å². The van der Waals surface area contributed by atoms with Gasteiger partial charge >= 0.3 is 5.97 Å². The van der Waals surface area contributed by atoms with Crippen LogP contribution in [-0.2, 0) is 9.59 Å². The number of carbonyl (C=O) groups excluding carboxylic acids is 1. The van der Waals surface area contributed by atoms with Crippen LogP contribution in [-0.4, -0.2) is 34.2 Å². The lowest BCUT2D eigenvalue weighted by atomic mass is 9.90. The number of aliphatic hydroxyl groups is 1. The molecule has 0 heterocycles. The molecule has 2 rings (SSSR count). The summed E-state index contributed by atoms with van der Waals surface area (Å²) in [6.07, 6.45) is 5.18. The van der Waals surface area contributed by atoms with Gasteiger partial charge in [0.2, 0.25) is 5.91 Å². The van der Waals surface area contributed by atoms with E-state index in [4.69, 9.17) is 0 Å². The quantitative estimate of drug-likeness (QED) is 0.730. The van der Waals surface area contributed by atoms with Gasteiger partial charge in [0.15, 0.2) is 0 Å². The number of carbonyl (C=O) groups is 2. The Balaban J connectivity index is 1.98. The molecule has 5 heteroatoms. The van der Waals surface area contributed by atoms with Gasteiger partial charge in [0.05, 0.1) is 24.0 Å². The third-order valence-electron chi connectivity index (χ3n) is 4.95. The van der Waals surface area contributed by atoms with Crippen molar-refractivity contribution in [2.45, 2.75) is 64.0 Å². The number of aliphatic carboxylic acids is 1. The molecule has 0 aliphatic heterocycles. The SMILES string of the molecule is CCC1C[C@H](C(=O)N[C@H]2CCCC[C@@H]2O)[C@H](C(=O)O)C1. The van der Waals surface area contributed by atoms with E-state index in [0.717, 1.165) is 32.1 Å². The largest absolute Gasteiger partial charge is 0.481 e. The molecule has 0 bridgehead atoms. The van der Waals surface area contributed by atoms with E-state index in [0.29, 0.717) is 18.8 Å². The maximum Gasteiger partial charge on any atom is 0.307 e. The van der Waals surface area contributed by atoms with Gasteiger partial charge in [-0.15, -0.1) is 0 Å². The molecule has 3 N–H and O–H groups in total. The Hall–Kier alpha value is -1.10. The first-order valence-electron chi connectivity index (χ1n) is 7.74. The van der Waals surface area contributed by atoms with Crippen LogP contribution in [0, 0.1) is 17.8 Å². The topological polar surface area (TPSA) is 86.6 Å². The Morgan fingerprint density at radius 2 is 1.80 bits per heavy atom. The molecule has 20 heavy (non-hydrogen) atoms. The van der Waals surface area contributed by atoms with Crippen LogP contribution in [0.3, 0.4) is 0 Å². The number of nitrogens with one attached hydrogen (secondary N) is 1. The second-order valence-electron chi connectivity index (χ2n) is 6.26. The molecule has 5 nitrogen and oxygen atoms in total. The van der Waals surface area contributed by atoms with Gasteiger partial charge in [-0.05, 0) is 31.6 Å². The van der Waals surface area contributed by atoms with Crippen molar-refractivity contribution in [3.05, 3.63) is 0 Å². The lowest BCUT2D eigenvalue weighted by Crippen LogP contribution is -2.48. The molecule has 0 aromatic rings. The maximum absolute atomic E-state index is 12.3. The molecule has 0 aromatic carbocycles. The minimum Gasteiger partial charge on any atom is -0.481 e. The summed E-state index contributed by atoms with van der Waals surface area (Å²) in [5.41, 5.74) is 0. The average Bonchev–Trinajstić information content (AvgIpc) is 2.86. The van der Waals surface area contributed by atoms with Crippen LogP contribution in [0.5, 0.6) is 0 Å². The fourth-order valence-electron chi connectivity index (χ4n) is 3.61. The maximum atomic E-state index is 12.3. The molecule has 2 fully saturated rings. The summed E-state index contributed by atoms with van der Waals surface area (Å²) in [6, 6.07) is -0.202. The molecule has 1 unspecified atom stereocenters. The Kier molecular flexibility index (Phi) is 5.02. The van der Waals surface area contributed by atoms with Crippen molar-refractivity contribution in [1.82, 2.24) is 5.32 Å². The number of hydrogen-bond acceptors (Lipinski definition) is 3. The number of amides is 1. The van der Waals surface area contributed by atoms with Crippen molar-refractivity contribution < 1.29 is 19.8 Å². The minimum absolute atomic E-state index is 0.181. The Labute approximate surface area is 119 Å². The Morgan fingerprint density at radius 3 is 2.40 bits per heavy atom. The molecule has 0 spiro atoms. The first-order valence-corrected chi connectivity index (χ1v) is 7.74. The van der Waals surface area contributed by atoms with Gasteiger partial charge < -0.3 is 15.5 Å². The molecular formula is C15H25NO4. The first kappa shape index (κ1) is 15.3. The van der Waals surface area contributed by atoms with Crippen LogP contribution >= 0.6 is 0 Å². The van der Waals surface area contributed by atoms with Gasteiger partial charge in [0, 0.05) is 0 Å². The Morgan fingerprint density at radius 1 is 1.15 bits per heavy atom. The van der Waals surface area contributed by atoms with Crippen LogP contribution < -0.4 is 5.32 Å². The number of hydrogen-bond donors (Lipinski definition) is 3. The Bertz CT molecular complexity index is 371. The highest BCUT2D eigenvalue weighted by Crippen LogP contribution is 2.38. The predicted molar refractivity (Wildman–Crippen MR) is 74.0 cm³/mol. The van der Waals surface area contributed by atoms with E-state index in [9.17, 15) is 19.8 Å². The van der Waals surface area contributed by atoms with Crippen LogP contribution in [0.25, 0.3) is 0 Å². The number of carboxylic acid groups (broad SMARTS) is 1. The molecule has 0 aromatic heterocycles. The van der Waals surface area contributed by atoms with Crippen molar-refractivity contribution >= 4 is 11.9 Å². The zero-order valence-corrected chi connectivity index (χ0v) is 12.0. The molecule has 2 aliphatic rings. The van der Waals surface area contributed by atoms with Crippen LogP contribution in [0.4, 0.5) is 0 Å². The first-order chi connectivity index (χ1) is 9.52. The lowest BCUT2D eigenvalue weighted by Gasteiger charge is -2.29. The molecule has 2 saturated carbocycles. The smallest absolute Gasteiger partial charge is 0.307 e. The predicted octanol–water partition coefficient (Wildman–Crippen LogP) is 1.54. The van der Waals surface area contributed by atoms with Crippen LogP contribution in [0.1, 0.15) is 51.9 Å². The van der Waals surface area contributed by atoms with Crippen molar-refractivity contribution in [3.8, 4) is 0 Å².